The minimum atomic E-state index is 0. The zero-order valence-electron chi connectivity index (χ0n) is 13.9. The maximum atomic E-state index is 4.70. The molecule has 23 heavy (non-hydrogen) atoms. The lowest BCUT2D eigenvalue weighted by atomic mass is 10.3. The zero-order valence-corrected chi connectivity index (χ0v) is 17.9. The smallest absolute Gasteiger partial charge is 0.194 e. The molecule has 0 fully saturated rings. The highest BCUT2D eigenvalue weighted by atomic mass is 127. The molecule has 8 heteroatoms. The summed E-state index contributed by atoms with van der Waals surface area (Å²) in [7, 11) is 6.07. The van der Waals surface area contributed by atoms with Gasteiger partial charge in [0.25, 0.3) is 0 Å². The van der Waals surface area contributed by atoms with E-state index in [0.29, 0.717) is 6.54 Å². The van der Waals surface area contributed by atoms with Crippen molar-refractivity contribution in [2.45, 2.75) is 20.0 Å². The Bertz CT molecular complexity index is 595. The molecule has 2 rings (SSSR count). The maximum Gasteiger partial charge on any atom is 0.194 e. The van der Waals surface area contributed by atoms with E-state index in [1.54, 1.807) is 22.7 Å². The van der Waals surface area contributed by atoms with Crippen molar-refractivity contribution >= 4 is 57.7 Å². The van der Waals surface area contributed by atoms with E-state index in [9.17, 15) is 0 Å². The molecule has 0 amide bonds. The molecule has 0 radical (unpaired) electrons. The second kappa shape index (κ2) is 10.1. The standard InChI is InChI=1S/C15H23N5S2.HI/c1-5-16-14(20(4)9-12-6-7-21-10-12)17-8-13-11-22-15(18-13)19(2)3;/h6-7,10-11H,5,8-9H2,1-4H3,(H,16,17);1H. The fraction of sp³-hybridized carbons (Fsp3) is 0.467. The van der Waals surface area contributed by atoms with Gasteiger partial charge in [-0.1, -0.05) is 0 Å². The predicted molar refractivity (Wildman–Crippen MR) is 112 cm³/mol. The van der Waals surface area contributed by atoms with Gasteiger partial charge in [0.15, 0.2) is 11.1 Å². The number of thiazole rings is 1. The number of nitrogens with zero attached hydrogens (tertiary/aromatic N) is 4. The first-order valence-electron chi connectivity index (χ1n) is 7.22. The van der Waals surface area contributed by atoms with Crippen molar-refractivity contribution in [3.05, 3.63) is 33.5 Å². The van der Waals surface area contributed by atoms with E-state index in [0.717, 1.165) is 29.9 Å². The normalized spacial score (nSPS) is 11.0. The Labute approximate surface area is 163 Å². The molecule has 1 N–H and O–H groups in total. The number of hydrogen-bond donors (Lipinski definition) is 1. The number of aliphatic imine (C=N–C) groups is 1. The topological polar surface area (TPSA) is 43.8 Å². The summed E-state index contributed by atoms with van der Waals surface area (Å²) in [6, 6.07) is 2.15. The molecular formula is C15H24IN5S2. The lowest BCUT2D eigenvalue weighted by Gasteiger charge is -2.21. The molecule has 0 atom stereocenters. The third-order valence-electron chi connectivity index (χ3n) is 3.01. The molecule has 0 spiro atoms. The van der Waals surface area contributed by atoms with Crippen LogP contribution in [0.3, 0.4) is 0 Å². The van der Waals surface area contributed by atoms with Gasteiger partial charge in [-0.2, -0.15) is 11.3 Å². The number of nitrogens with one attached hydrogen (secondary N) is 1. The third-order valence-corrected chi connectivity index (χ3v) is 4.80. The van der Waals surface area contributed by atoms with Crippen LogP contribution in [0.5, 0.6) is 0 Å². The number of aromatic nitrogens is 1. The minimum Gasteiger partial charge on any atom is -0.357 e. The molecule has 128 valence electrons. The molecule has 0 aliphatic rings. The van der Waals surface area contributed by atoms with Crippen molar-refractivity contribution in [1.82, 2.24) is 15.2 Å². The zero-order chi connectivity index (χ0) is 15.9. The number of guanidine groups is 1. The van der Waals surface area contributed by atoms with Gasteiger partial charge in [0.1, 0.15) is 0 Å². The summed E-state index contributed by atoms with van der Waals surface area (Å²) < 4.78 is 0. The Morgan fingerprint density at radius 1 is 1.30 bits per heavy atom. The van der Waals surface area contributed by atoms with Gasteiger partial charge in [-0.05, 0) is 29.3 Å². The van der Waals surface area contributed by atoms with E-state index in [4.69, 9.17) is 4.99 Å². The lowest BCUT2D eigenvalue weighted by molar-refractivity contribution is 0.477. The SMILES string of the molecule is CCNC(=NCc1csc(N(C)C)n1)N(C)Cc1ccsc1.I. The van der Waals surface area contributed by atoms with Crippen molar-refractivity contribution in [3.63, 3.8) is 0 Å². The molecule has 0 bridgehead atoms. The van der Waals surface area contributed by atoms with Gasteiger partial charge >= 0.3 is 0 Å². The Hall–Kier alpha value is -0.870. The maximum absolute atomic E-state index is 4.70. The quantitative estimate of drug-likeness (QED) is 0.403. The van der Waals surface area contributed by atoms with E-state index < -0.39 is 0 Å². The lowest BCUT2D eigenvalue weighted by Crippen LogP contribution is -2.38. The monoisotopic (exact) mass is 465 g/mol. The first kappa shape index (κ1) is 20.2. The Morgan fingerprint density at radius 3 is 2.65 bits per heavy atom. The van der Waals surface area contributed by atoms with Crippen LogP contribution in [-0.2, 0) is 13.1 Å². The Kier molecular flexibility index (Phi) is 8.85. The summed E-state index contributed by atoms with van der Waals surface area (Å²) >= 11 is 3.37. The van der Waals surface area contributed by atoms with Crippen LogP contribution in [-0.4, -0.2) is 43.5 Å². The molecular weight excluding hydrogens is 441 g/mol. The van der Waals surface area contributed by atoms with E-state index in [2.05, 4.69) is 51.4 Å². The molecule has 0 aliphatic carbocycles. The number of rotatable bonds is 6. The van der Waals surface area contributed by atoms with E-state index in [-0.39, 0.29) is 24.0 Å². The number of hydrogen-bond acceptors (Lipinski definition) is 5. The second-order valence-electron chi connectivity index (χ2n) is 5.17. The Balaban J connectivity index is 0.00000264. The van der Waals surface area contributed by atoms with Gasteiger partial charge in [0, 0.05) is 39.6 Å². The van der Waals surface area contributed by atoms with Crippen molar-refractivity contribution in [2.75, 3.05) is 32.6 Å². The van der Waals surface area contributed by atoms with Gasteiger partial charge in [-0.3, -0.25) is 0 Å². The molecule has 2 heterocycles. The van der Waals surface area contributed by atoms with Crippen molar-refractivity contribution in [1.29, 1.82) is 0 Å². The van der Waals surface area contributed by atoms with Crippen molar-refractivity contribution < 1.29 is 0 Å². The van der Waals surface area contributed by atoms with Crippen LogP contribution in [0.4, 0.5) is 5.13 Å². The summed E-state index contributed by atoms with van der Waals surface area (Å²) in [5.74, 6) is 0.910. The number of thiophene rings is 1. The second-order valence-corrected chi connectivity index (χ2v) is 6.79. The number of halogens is 1. The van der Waals surface area contributed by atoms with Crippen LogP contribution in [0.1, 0.15) is 18.2 Å². The predicted octanol–water partition coefficient (Wildman–Crippen LogP) is 3.49. The summed E-state index contributed by atoms with van der Waals surface area (Å²) in [6.07, 6.45) is 0. The van der Waals surface area contributed by atoms with Gasteiger partial charge < -0.3 is 15.1 Å². The van der Waals surface area contributed by atoms with Crippen LogP contribution in [0.15, 0.2) is 27.2 Å². The highest BCUT2D eigenvalue weighted by molar-refractivity contribution is 14.0. The average molecular weight is 465 g/mol. The summed E-state index contributed by atoms with van der Waals surface area (Å²) in [5, 5.41) is 10.7. The molecule has 0 saturated carbocycles. The highest BCUT2D eigenvalue weighted by Gasteiger charge is 2.08. The fourth-order valence-corrected chi connectivity index (χ4v) is 3.34. The largest absolute Gasteiger partial charge is 0.357 e. The van der Waals surface area contributed by atoms with Gasteiger partial charge in [0.05, 0.1) is 12.2 Å². The fourth-order valence-electron chi connectivity index (χ4n) is 1.93. The Morgan fingerprint density at radius 2 is 2.09 bits per heavy atom. The van der Waals surface area contributed by atoms with Crippen LogP contribution < -0.4 is 10.2 Å². The summed E-state index contributed by atoms with van der Waals surface area (Å²) in [6.45, 7) is 4.39. The summed E-state index contributed by atoms with van der Waals surface area (Å²) in [5.41, 5.74) is 2.31. The molecule has 5 nitrogen and oxygen atoms in total. The molecule has 0 aromatic carbocycles. The third kappa shape index (κ3) is 6.27. The summed E-state index contributed by atoms with van der Waals surface area (Å²) in [4.78, 5) is 13.4. The number of anilines is 1. The van der Waals surface area contributed by atoms with Gasteiger partial charge in [-0.15, -0.1) is 35.3 Å². The van der Waals surface area contributed by atoms with Gasteiger partial charge in [-0.25, -0.2) is 9.98 Å². The minimum absolute atomic E-state index is 0. The van der Waals surface area contributed by atoms with E-state index in [1.165, 1.54) is 5.56 Å². The molecule has 2 aromatic heterocycles. The van der Waals surface area contributed by atoms with Gasteiger partial charge in [0.2, 0.25) is 0 Å². The van der Waals surface area contributed by atoms with E-state index in [1.807, 2.05) is 19.0 Å². The molecule has 2 aromatic rings. The average Bonchev–Trinajstić information content (AvgIpc) is 3.14. The molecule has 0 saturated heterocycles. The van der Waals surface area contributed by atoms with Crippen LogP contribution in [0, 0.1) is 0 Å². The molecule has 0 unspecified atom stereocenters. The van der Waals surface area contributed by atoms with E-state index >= 15 is 0 Å². The first-order chi connectivity index (χ1) is 10.6. The van der Waals surface area contributed by atoms with Crippen molar-refractivity contribution in [2.24, 2.45) is 4.99 Å². The first-order valence-corrected chi connectivity index (χ1v) is 9.04. The highest BCUT2D eigenvalue weighted by Crippen LogP contribution is 2.18. The van der Waals surface area contributed by atoms with Crippen molar-refractivity contribution in [3.8, 4) is 0 Å². The van der Waals surface area contributed by atoms with Crippen LogP contribution >= 0.6 is 46.7 Å². The van der Waals surface area contributed by atoms with Crippen LogP contribution in [0.2, 0.25) is 0 Å². The molecule has 0 aliphatic heterocycles. The van der Waals surface area contributed by atoms with Crippen LogP contribution in [0.25, 0.3) is 0 Å².